The predicted octanol–water partition coefficient (Wildman–Crippen LogP) is 0.0398. The lowest BCUT2D eigenvalue weighted by Gasteiger charge is -2.24. The Kier molecular flexibility index (Phi) is 3.91. The molecular formula is C12H18N8O. The van der Waals surface area contributed by atoms with Crippen LogP contribution in [0, 0.1) is 0 Å². The van der Waals surface area contributed by atoms with E-state index in [1.165, 1.54) is 17.3 Å². The van der Waals surface area contributed by atoms with Crippen LogP contribution in [0.1, 0.15) is 19.8 Å². The normalized spacial score (nSPS) is 18.0. The number of hydrogen-bond acceptors (Lipinski definition) is 8. The number of hydrogen-bond donors (Lipinski definition) is 1. The molecule has 1 aliphatic rings. The molecule has 0 spiro atoms. The van der Waals surface area contributed by atoms with Gasteiger partial charge in [0, 0.05) is 19.7 Å². The van der Waals surface area contributed by atoms with E-state index in [9.17, 15) is 0 Å². The quantitative estimate of drug-likeness (QED) is 0.822. The average Bonchev–Trinajstić information content (AvgIpc) is 3.17. The fourth-order valence-corrected chi connectivity index (χ4v) is 2.31. The molecule has 9 heteroatoms. The summed E-state index contributed by atoms with van der Waals surface area (Å²) in [6.07, 6.45) is 5.33. The van der Waals surface area contributed by atoms with Crippen molar-refractivity contribution in [1.29, 1.82) is 0 Å². The van der Waals surface area contributed by atoms with E-state index in [-0.39, 0.29) is 12.1 Å². The van der Waals surface area contributed by atoms with E-state index in [4.69, 9.17) is 10.5 Å². The first-order valence-corrected chi connectivity index (χ1v) is 6.99. The molecule has 3 rings (SSSR count). The van der Waals surface area contributed by atoms with Crippen molar-refractivity contribution in [2.24, 2.45) is 0 Å². The SMILES string of the molecule is CCN(CC1CCCO1)c1nc(N)nc(-n2cncn2)n1. The number of anilines is 2. The second-order valence-corrected chi connectivity index (χ2v) is 4.81. The Hall–Kier alpha value is -2.29. The number of nitrogen functional groups attached to an aromatic ring is 1. The van der Waals surface area contributed by atoms with Crippen LogP contribution in [0.3, 0.4) is 0 Å². The molecule has 0 radical (unpaired) electrons. The standard InChI is InChI=1S/C12H18N8O/c1-2-19(6-9-4-3-5-21-9)11-16-10(13)17-12(18-11)20-8-14-7-15-20/h7-9H,2-6H2,1H3,(H2,13,16,17,18). The third-order valence-electron chi connectivity index (χ3n) is 3.37. The van der Waals surface area contributed by atoms with Gasteiger partial charge in [-0.25, -0.2) is 4.98 Å². The van der Waals surface area contributed by atoms with Crippen LogP contribution in [-0.4, -0.2) is 55.5 Å². The van der Waals surface area contributed by atoms with Crippen LogP contribution in [-0.2, 0) is 4.74 Å². The van der Waals surface area contributed by atoms with Crippen molar-refractivity contribution < 1.29 is 4.74 Å². The van der Waals surface area contributed by atoms with Crippen LogP contribution in [0.25, 0.3) is 5.95 Å². The van der Waals surface area contributed by atoms with Gasteiger partial charge >= 0.3 is 0 Å². The highest BCUT2D eigenvalue weighted by Crippen LogP contribution is 2.17. The van der Waals surface area contributed by atoms with E-state index < -0.39 is 0 Å². The lowest BCUT2D eigenvalue weighted by Crippen LogP contribution is -2.34. The van der Waals surface area contributed by atoms with Gasteiger partial charge in [0.15, 0.2) is 0 Å². The molecule has 1 atom stereocenters. The van der Waals surface area contributed by atoms with E-state index in [1.807, 2.05) is 11.8 Å². The van der Waals surface area contributed by atoms with E-state index in [0.29, 0.717) is 11.9 Å². The molecule has 1 fully saturated rings. The minimum atomic E-state index is 0.163. The van der Waals surface area contributed by atoms with Gasteiger partial charge in [-0.15, -0.1) is 0 Å². The van der Waals surface area contributed by atoms with Crippen LogP contribution in [0.4, 0.5) is 11.9 Å². The van der Waals surface area contributed by atoms with Crippen molar-refractivity contribution in [2.75, 3.05) is 30.3 Å². The predicted molar refractivity (Wildman–Crippen MR) is 76.0 cm³/mol. The highest BCUT2D eigenvalue weighted by atomic mass is 16.5. The van der Waals surface area contributed by atoms with E-state index in [0.717, 1.165) is 32.5 Å². The first-order chi connectivity index (χ1) is 10.3. The largest absolute Gasteiger partial charge is 0.376 e. The van der Waals surface area contributed by atoms with Gasteiger partial charge in [0.05, 0.1) is 6.10 Å². The summed E-state index contributed by atoms with van der Waals surface area (Å²) in [7, 11) is 0. The third kappa shape index (κ3) is 3.07. The highest BCUT2D eigenvalue weighted by Gasteiger charge is 2.21. The zero-order valence-corrected chi connectivity index (χ0v) is 11.9. The van der Waals surface area contributed by atoms with Crippen molar-refractivity contribution in [3.8, 4) is 5.95 Å². The van der Waals surface area contributed by atoms with Gasteiger partial charge in [-0.05, 0) is 19.8 Å². The summed E-state index contributed by atoms with van der Waals surface area (Å²) in [5.41, 5.74) is 5.78. The Balaban J connectivity index is 1.85. The molecule has 0 bridgehead atoms. The molecular weight excluding hydrogens is 272 g/mol. The molecule has 21 heavy (non-hydrogen) atoms. The van der Waals surface area contributed by atoms with Gasteiger partial charge in [-0.3, -0.25) is 0 Å². The summed E-state index contributed by atoms with van der Waals surface area (Å²) in [6, 6.07) is 0. The van der Waals surface area contributed by atoms with Crippen molar-refractivity contribution >= 4 is 11.9 Å². The monoisotopic (exact) mass is 290 g/mol. The second-order valence-electron chi connectivity index (χ2n) is 4.81. The number of nitrogens with two attached hydrogens (primary N) is 1. The summed E-state index contributed by atoms with van der Waals surface area (Å²) in [4.78, 5) is 18.6. The zero-order chi connectivity index (χ0) is 14.7. The lowest BCUT2D eigenvalue weighted by molar-refractivity contribution is 0.115. The molecule has 2 aromatic rings. The Morgan fingerprint density at radius 3 is 3.00 bits per heavy atom. The van der Waals surface area contributed by atoms with Crippen LogP contribution in [0.15, 0.2) is 12.7 Å². The maximum absolute atomic E-state index is 5.78. The molecule has 0 amide bonds. The minimum absolute atomic E-state index is 0.163. The summed E-state index contributed by atoms with van der Waals surface area (Å²) in [5.74, 6) is 1.06. The molecule has 2 N–H and O–H groups in total. The maximum Gasteiger partial charge on any atom is 0.258 e. The number of aromatic nitrogens is 6. The van der Waals surface area contributed by atoms with Crippen LogP contribution in [0.5, 0.6) is 0 Å². The molecule has 0 aliphatic carbocycles. The fraction of sp³-hybridized carbons (Fsp3) is 0.583. The Morgan fingerprint density at radius 2 is 2.33 bits per heavy atom. The lowest BCUT2D eigenvalue weighted by atomic mass is 10.2. The minimum Gasteiger partial charge on any atom is -0.376 e. The molecule has 3 heterocycles. The summed E-state index contributed by atoms with van der Waals surface area (Å²) in [6.45, 7) is 4.38. The van der Waals surface area contributed by atoms with Crippen molar-refractivity contribution in [3.63, 3.8) is 0 Å². The zero-order valence-electron chi connectivity index (χ0n) is 11.9. The van der Waals surface area contributed by atoms with E-state index in [2.05, 4.69) is 25.0 Å². The molecule has 0 aromatic carbocycles. The van der Waals surface area contributed by atoms with Crippen LogP contribution in [0.2, 0.25) is 0 Å². The van der Waals surface area contributed by atoms with Gasteiger partial charge in [-0.1, -0.05) is 0 Å². The number of ether oxygens (including phenoxy) is 1. The summed E-state index contributed by atoms with van der Waals surface area (Å²) in [5, 5.41) is 4.01. The number of nitrogens with zero attached hydrogens (tertiary/aromatic N) is 7. The second kappa shape index (κ2) is 6.00. The van der Waals surface area contributed by atoms with Crippen LogP contribution >= 0.6 is 0 Å². The van der Waals surface area contributed by atoms with Gasteiger partial charge in [-0.2, -0.15) is 24.7 Å². The van der Waals surface area contributed by atoms with Crippen LogP contribution < -0.4 is 10.6 Å². The number of likely N-dealkylation sites (N-methyl/N-ethyl adjacent to an activating group) is 1. The first kappa shape index (κ1) is 13.7. The van der Waals surface area contributed by atoms with Gasteiger partial charge < -0.3 is 15.4 Å². The highest BCUT2D eigenvalue weighted by molar-refractivity contribution is 5.37. The average molecular weight is 290 g/mol. The third-order valence-corrected chi connectivity index (χ3v) is 3.37. The molecule has 1 unspecified atom stereocenters. The van der Waals surface area contributed by atoms with Crippen molar-refractivity contribution in [1.82, 2.24) is 29.7 Å². The number of rotatable bonds is 5. The van der Waals surface area contributed by atoms with E-state index >= 15 is 0 Å². The molecule has 2 aromatic heterocycles. The molecule has 9 nitrogen and oxygen atoms in total. The van der Waals surface area contributed by atoms with Gasteiger partial charge in [0.2, 0.25) is 11.9 Å². The Labute approximate surface area is 122 Å². The summed E-state index contributed by atoms with van der Waals surface area (Å²) >= 11 is 0. The van der Waals surface area contributed by atoms with Crippen molar-refractivity contribution in [2.45, 2.75) is 25.9 Å². The smallest absolute Gasteiger partial charge is 0.258 e. The molecule has 1 aliphatic heterocycles. The summed E-state index contributed by atoms with van der Waals surface area (Å²) < 4.78 is 7.13. The molecule has 1 saturated heterocycles. The van der Waals surface area contributed by atoms with E-state index in [1.54, 1.807) is 0 Å². The fourth-order valence-electron chi connectivity index (χ4n) is 2.31. The van der Waals surface area contributed by atoms with Crippen molar-refractivity contribution in [3.05, 3.63) is 12.7 Å². The molecule has 112 valence electrons. The Bertz CT molecular complexity index is 581. The molecule has 0 saturated carbocycles. The topological polar surface area (TPSA) is 108 Å². The first-order valence-electron chi connectivity index (χ1n) is 6.99. The Morgan fingerprint density at radius 1 is 1.43 bits per heavy atom. The van der Waals surface area contributed by atoms with Gasteiger partial charge in [0.1, 0.15) is 12.7 Å². The van der Waals surface area contributed by atoms with Gasteiger partial charge in [0.25, 0.3) is 5.95 Å². The maximum atomic E-state index is 5.78.